The fourth-order valence-corrected chi connectivity index (χ4v) is 2.94. The molecule has 102 valence electrons. The minimum Gasteiger partial charge on any atom is -0.378 e. The van der Waals surface area contributed by atoms with Gasteiger partial charge in [0.1, 0.15) is 0 Å². The number of aliphatic hydroxyl groups excluding tert-OH is 1. The zero-order valence-electron chi connectivity index (χ0n) is 11.1. The predicted octanol–water partition coefficient (Wildman–Crippen LogP) is 2.44. The van der Waals surface area contributed by atoms with Gasteiger partial charge in [0.25, 0.3) is 5.91 Å². The first kappa shape index (κ1) is 12.5. The van der Waals surface area contributed by atoms with Crippen LogP contribution >= 0.6 is 0 Å². The van der Waals surface area contributed by atoms with Crippen LogP contribution in [-0.4, -0.2) is 24.1 Å². The second kappa shape index (κ2) is 5.21. The molecule has 0 spiro atoms. The Balaban J connectivity index is 1.82. The first-order chi connectivity index (χ1) is 9.25. The summed E-state index contributed by atoms with van der Waals surface area (Å²) < 4.78 is 0. The number of nitrogens with one attached hydrogen (secondary N) is 1. The number of anilines is 2. The average molecular weight is 260 g/mol. The highest BCUT2D eigenvalue weighted by molar-refractivity contribution is 6.02. The van der Waals surface area contributed by atoms with E-state index in [0.29, 0.717) is 5.56 Å². The minimum absolute atomic E-state index is 0.320. The Morgan fingerprint density at radius 1 is 1.11 bits per heavy atom. The van der Waals surface area contributed by atoms with Gasteiger partial charge in [-0.3, -0.25) is 4.79 Å². The number of fused-ring (bicyclic) bond motifs is 1. The molecule has 1 amide bonds. The van der Waals surface area contributed by atoms with Gasteiger partial charge in [-0.1, -0.05) is 25.3 Å². The van der Waals surface area contributed by atoms with E-state index >= 15 is 0 Å². The first-order valence-electron chi connectivity index (χ1n) is 7.13. The Bertz CT molecular complexity index is 479. The van der Waals surface area contributed by atoms with Crippen LogP contribution in [0.15, 0.2) is 18.2 Å². The molecule has 2 heterocycles. The first-order valence-corrected chi connectivity index (χ1v) is 7.13. The molecule has 2 aliphatic rings. The third-order valence-electron chi connectivity index (χ3n) is 4.06. The SMILES string of the molecule is O=C1Nc2cc(N3CCCCCCC3)ccc2C1O. The summed E-state index contributed by atoms with van der Waals surface area (Å²) in [5.41, 5.74) is 2.60. The molecule has 0 saturated carbocycles. The highest BCUT2D eigenvalue weighted by Gasteiger charge is 2.28. The lowest BCUT2D eigenvalue weighted by Gasteiger charge is -2.27. The van der Waals surface area contributed by atoms with Crippen LogP contribution in [-0.2, 0) is 4.79 Å². The van der Waals surface area contributed by atoms with E-state index in [1.54, 1.807) is 0 Å². The van der Waals surface area contributed by atoms with Gasteiger partial charge in [-0.2, -0.15) is 0 Å². The molecule has 1 aromatic rings. The lowest BCUT2D eigenvalue weighted by molar-refractivity contribution is -0.123. The zero-order chi connectivity index (χ0) is 13.2. The molecule has 0 aliphatic carbocycles. The van der Waals surface area contributed by atoms with Crippen LogP contribution in [0.2, 0.25) is 0 Å². The van der Waals surface area contributed by atoms with Crippen LogP contribution in [0.4, 0.5) is 11.4 Å². The number of hydrogen-bond donors (Lipinski definition) is 2. The molecule has 2 aliphatic heterocycles. The number of aliphatic hydroxyl groups is 1. The van der Waals surface area contributed by atoms with E-state index in [9.17, 15) is 9.90 Å². The smallest absolute Gasteiger partial charge is 0.257 e. The topological polar surface area (TPSA) is 52.6 Å². The van der Waals surface area contributed by atoms with Crippen LogP contribution in [0.1, 0.15) is 43.8 Å². The van der Waals surface area contributed by atoms with Crippen molar-refractivity contribution < 1.29 is 9.90 Å². The van der Waals surface area contributed by atoms with E-state index in [4.69, 9.17) is 0 Å². The van der Waals surface area contributed by atoms with Crippen molar-refractivity contribution in [2.75, 3.05) is 23.3 Å². The van der Waals surface area contributed by atoms with Crippen molar-refractivity contribution in [1.29, 1.82) is 0 Å². The standard InChI is InChI=1S/C15H20N2O2/c18-14-12-7-6-11(10-13(12)16-15(14)19)17-8-4-2-1-3-5-9-17/h6-7,10,14,18H,1-5,8-9H2,(H,16,19). The van der Waals surface area contributed by atoms with Gasteiger partial charge < -0.3 is 15.3 Å². The summed E-state index contributed by atoms with van der Waals surface area (Å²) in [7, 11) is 0. The largest absolute Gasteiger partial charge is 0.378 e. The Hall–Kier alpha value is -1.55. The second-order valence-electron chi connectivity index (χ2n) is 5.42. The maximum atomic E-state index is 11.4. The van der Waals surface area contributed by atoms with Crippen molar-refractivity contribution in [2.45, 2.75) is 38.2 Å². The molecule has 1 unspecified atom stereocenters. The highest BCUT2D eigenvalue weighted by atomic mass is 16.3. The van der Waals surface area contributed by atoms with E-state index in [2.05, 4.69) is 10.2 Å². The summed E-state index contributed by atoms with van der Waals surface area (Å²) >= 11 is 0. The van der Waals surface area contributed by atoms with Crippen molar-refractivity contribution in [3.8, 4) is 0 Å². The summed E-state index contributed by atoms with van der Waals surface area (Å²) in [6.45, 7) is 2.16. The molecule has 0 bridgehead atoms. The number of nitrogens with zero attached hydrogens (tertiary/aromatic N) is 1. The van der Waals surface area contributed by atoms with E-state index in [1.165, 1.54) is 32.1 Å². The van der Waals surface area contributed by atoms with Gasteiger partial charge in [-0.15, -0.1) is 0 Å². The lowest BCUT2D eigenvalue weighted by atomic mass is 10.1. The van der Waals surface area contributed by atoms with Gasteiger partial charge in [0.2, 0.25) is 0 Å². The fourth-order valence-electron chi connectivity index (χ4n) is 2.94. The second-order valence-corrected chi connectivity index (χ2v) is 5.42. The summed E-state index contributed by atoms with van der Waals surface area (Å²) in [6.07, 6.45) is 5.41. The zero-order valence-corrected chi connectivity index (χ0v) is 11.1. The molecular formula is C15H20N2O2. The van der Waals surface area contributed by atoms with Crippen molar-refractivity contribution in [3.63, 3.8) is 0 Å². The van der Waals surface area contributed by atoms with Crippen LogP contribution in [0.25, 0.3) is 0 Å². The number of amides is 1. The number of benzene rings is 1. The maximum Gasteiger partial charge on any atom is 0.257 e. The Kier molecular flexibility index (Phi) is 3.42. The van der Waals surface area contributed by atoms with E-state index < -0.39 is 6.10 Å². The molecule has 0 radical (unpaired) electrons. The van der Waals surface area contributed by atoms with E-state index in [-0.39, 0.29) is 5.91 Å². The van der Waals surface area contributed by atoms with Gasteiger partial charge in [-0.25, -0.2) is 0 Å². The van der Waals surface area contributed by atoms with Gasteiger partial charge in [0.05, 0.1) is 0 Å². The minimum atomic E-state index is -1.00. The predicted molar refractivity (Wildman–Crippen MR) is 75.3 cm³/mol. The molecular weight excluding hydrogens is 240 g/mol. The van der Waals surface area contributed by atoms with Crippen molar-refractivity contribution in [2.24, 2.45) is 0 Å². The van der Waals surface area contributed by atoms with Gasteiger partial charge in [0, 0.05) is 30.0 Å². The average Bonchev–Trinajstić information content (AvgIpc) is 2.64. The fraction of sp³-hybridized carbons (Fsp3) is 0.533. The van der Waals surface area contributed by atoms with Crippen molar-refractivity contribution in [3.05, 3.63) is 23.8 Å². The molecule has 19 heavy (non-hydrogen) atoms. The lowest BCUT2D eigenvalue weighted by Crippen LogP contribution is -2.26. The van der Waals surface area contributed by atoms with Crippen LogP contribution in [0.3, 0.4) is 0 Å². The van der Waals surface area contributed by atoms with E-state index in [1.807, 2.05) is 18.2 Å². The maximum absolute atomic E-state index is 11.4. The number of carbonyl (C=O) groups excluding carboxylic acids is 1. The molecule has 4 nitrogen and oxygen atoms in total. The normalized spacial score (nSPS) is 23.5. The number of rotatable bonds is 1. The molecule has 1 atom stereocenters. The Labute approximate surface area is 113 Å². The third-order valence-corrected chi connectivity index (χ3v) is 4.06. The van der Waals surface area contributed by atoms with Crippen LogP contribution < -0.4 is 10.2 Å². The van der Waals surface area contributed by atoms with Crippen molar-refractivity contribution >= 4 is 17.3 Å². The Morgan fingerprint density at radius 2 is 1.79 bits per heavy atom. The summed E-state index contributed by atoms with van der Waals surface area (Å²) in [4.78, 5) is 13.8. The van der Waals surface area contributed by atoms with Gasteiger partial charge >= 0.3 is 0 Å². The quantitative estimate of drug-likeness (QED) is 0.815. The number of hydrogen-bond acceptors (Lipinski definition) is 3. The monoisotopic (exact) mass is 260 g/mol. The molecule has 4 heteroatoms. The third kappa shape index (κ3) is 2.45. The molecule has 1 aromatic carbocycles. The highest BCUT2D eigenvalue weighted by Crippen LogP contribution is 2.34. The summed E-state index contributed by atoms with van der Waals surface area (Å²) in [5, 5.41) is 12.4. The molecule has 1 fully saturated rings. The summed E-state index contributed by atoms with van der Waals surface area (Å²) in [5.74, 6) is -0.320. The molecule has 2 N–H and O–H groups in total. The van der Waals surface area contributed by atoms with Gasteiger partial charge in [0.15, 0.2) is 6.10 Å². The molecule has 1 saturated heterocycles. The van der Waals surface area contributed by atoms with Crippen LogP contribution in [0, 0.1) is 0 Å². The molecule has 0 aromatic heterocycles. The van der Waals surface area contributed by atoms with Crippen molar-refractivity contribution in [1.82, 2.24) is 0 Å². The van der Waals surface area contributed by atoms with E-state index in [0.717, 1.165) is 24.5 Å². The van der Waals surface area contributed by atoms with Gasteiger partial charge in [-0.05, 0) is 25.0 Å². The van der Waals surface area contributed by atoms with Crippen LogP contribution in [0.5, 0.6) is 0 Å². The summed E-state index contributed by atoms with van der Waals surface area (Å²) in [6, 6.07) is 5.88. The number of carbonyl (C=O) groups is 1. The molecule has 3 rings (SSSR count). The Morgan fingerprint density at radius 3 is 2.53 bits per heavy atom.